The molecule has 0 aromatic heterocycles. The molecule has 1 aliphatic rings. The molecule has 3 nitrogen and oxygen atoms in total. The van der Waals surface area contributed by atoms with Crippen LogP contribution in [0.3, 0.4) is 0 Å². The second-order valence-electron chi connectivity index (χ2n) is 3.85. The third kappa shape index (κ3) is 3.22. The summed E-state index contributed by atoms with van der Waals surface area (Å²) in [4.78, 5) is 0. The summed E-state index contributed by atoms with van der Waals surface area (Å²) in [5.41, 5.74) is 1.14. The highest BCUT2D eigenvalue weighted by atomic mass is 16.6. The van der Waals surface area contributed by atoms with Gasteiger partial charge in [0.15, 0.2) is 0 Å². The first-order valence-corrected chi connectivity index (χ1v) is 5.37. The summed E-state index contributed by atoms with van der Waals surface area (Å²) in [6.45, 7) is 4.40. The molecule has 0 bridgehead atoms. The second kappa shape index (κ2) is 5.14. The Morgan fingerprint density at radius 1 is 1.40 bits per heavy atom. The van der Waals surface area contributed by atoms with Crippen LogP contribution in [0.5, 0.6) is 0 Å². The molecule has 15 heavy (non-hydrogen) atoms. The Bertz CT molecular complexity index is 285. The topological polar surface area (TPSA) is 30.5 Å². The minimum absolute atomic E-state index is 0.221. The Labute approximate surface area is 90.4 Å². The Hall–Kier alpha value is -1.06. The van der Waals surface area contributed by atoms with Crippen LogP contribution in [0.4, 0.5) is 5.69 Å². The van der Waals surface area contributed by atoms with Crippen molar-refractivity contribution >= 4 is 5.69 Å². The molecule has 1 atom stereocenters. The first kappa shape index (κ1) is 10.5. The van der Waals surface area contributed by atoms with Crippen LogP contribution in [0.25, 0.3) is 0 Å². The van der Waals surface area contributed by atoms with Crippen LogP contribution in [-0.4, -0.2) is 32.0 Å². The molecule has 82 valence electrons. The highest BCUT2D eigenvalue weighted by molar-refractivity contribution is 5.42. The van der Waals surface area contributed by atoms with E-state index in [0.29, 0.717) is 6.10 Å². The summed E-state index contributed by atoms with van der Waals surface area (Å²) in [6.07, 6.45) is 0.525. The average Bonchev–Trinajstić information content (AvgIpc) is 2.22. The lowest BCUT2D eigenvalue weighted by Crippen LogP contribution is -2.40. The maximum atomic E-state index is 5.72. The largest absolute Gasteiger partial charge is 0.382 e. The summed E-state index contributed by atoms with van der Waals surface area (Å²) >= 11 is 0. The van der Waals surface area contributed by atoms with E-state index in [2.05, 4.69) is 24.4 Å². The van der Waals surface area contributed by atoms with E-state index in [4.69, 9.17) is 9.47 Å². The van der Waals surface area contributed by atoms with E-state index in [-0.39, 0.29) is 6.10 Å². The van der Waals surface area contributed by atoms with Gasteiger partial charge < -0.3 is 14.8 Å². The summed E-state index contributed by atoms with van der Waals surface area (Å²) in [5, 5.41) is 3.33. The number of ether oxygens (including phenoxy) is 2. The first-order chi connectivity index (χ1) is 7.34. The standard InChI is InChI=1S/C12H17NO2/c1-10(15-12-8-14-9-12)7-13-11-5-3-2-4-6-11/h2-6,10,12-13H,7-9H2,1H3. The first-order valence-electron chi connectivity index (χ1n) is 5.37. The van der Waals surface area contributed by atoms with Crippen LogP contribution < -0.4 is 5.32 Å². The Morgan fingerprint density at radius 2 is 2.13 bits per heavy atom. The van der Waals surface area contributed by atoms with Crippen molar-refractivity contribution < 1.29 is 9.47 Å². The van der Waals surface area contributed by atoms with Crippen LogP contribution in [0.2, 0.25) is 0 Å². The van der Waals surface area contributed by atoms with Gasteiger partial charge in [-0.2, -0.15) is 0 Å². The third-order valence-corrected chi connectivity index (χ3v) is 2.40. The molecule has 0 saturated carbocycles. The van der Waals surface area contributed by atoms with Crippen molar-refractivity contribution in [2.75, 3.05) is 25.1 Å². The lowest BCUT2D eigenvalue weighted by atomic mass is 10.3. The highest BCUT2D eigenvalue weighted by Gasteiger charge is 2.21. The van der Waals surface area contributed by atoms with E-state index in [1.54, 1.807) is 0 Å². The predicted molar refractivity (Wildman–Crippen MR) is 60.1 cm³/mol. The van der Waals surface area contributed by atoms with Crippen molar-refractivity contribution in [3.63, 3.8) is 0 Å². The molecule has 0 spiro atoms. The molecule has 1 aliphatic heterocycles. The van der Waals surface area contributed by atoms with Crippen molar-refractivity contribution in [3.8, 4) is 0 Å². The van der Waals surface area contributed by atoms with E-state index < -0.39 is 0 Å². The van der Waals surface area contributed by atoms with E-state index >= 15 is 0 Å². The molecule has 1 saturated heterocycles. The number of hydrogen-bond donors (Lipinski definition) is 1. The number of hydrogen-bond acceptors (Lipinski definition) is 3. The van der Waals surface area contributed by atoms with Crippen molar-refractivity contribution in [1.82, 2.24) is 0 Å². The van der Waals surface area contributed by atoms with Gasteiger partial charge in [0, 0.05) is 12.2 Å². The van der Waals surface area contributed by atoms with Gasteiger partial charge in [-0.3, -0.25) is 0 Å². The second-order valence-corrected chi connectivity index (χ2v) is 3.85. The van der Waals surface area contributed by atoms with E-state index in [9.17, 15) is 0 Å². The molecular weight excluding hydrogens is 190 g/mol. The van der Waals surface area contributed by atoms with Crippen molar-refractivity contribution in [1.29, 1.82) is 0 Å². The SMILES string of the molecule is CC(CNc1ccccc1)OC1COC1. The van der Waals surface area contributed by atoms with Crippen LogP contribution in [0, 0.1) is 0 Å². The summed E-state index contributed by atoms with van der Waals surface area (Å²) < 4.78 is 10.8. The summed E-state index contributed by atoms with van der Waals surface area (Å²) in [6, 6.07) is 10.2. The lowest BCUT2D eigenvalue weighted by Gasteiger charge is -2.29. The molecule has 1 aromatic carbocycles. The van der Waals surface area contributed by atoms with Crippen LogP contribution >= 0.6 is 0 Å². The van der Waals surface area contributed by atoms with Crippen LogP contribution in [0.1, 0.15) is 6.92 Å². The lowest BCUT2D eigenvalue weighted by molar-refractivity contribution is -0.147. The molecule has 0 amide bonds. The number of anilines is 1. The third-order valence-electron chi connectivity index (χ3n) is 2.40. The maximum Gasteiger partial charge on any atom is 0.105 e. The van der Waals surface area contributed by atoms with Gasteiger partial charge in [-0.25, -0.2) is 0 Å². The quantitative estimate of drug-likeness (QED) is 0.800. The molecule has 1 unspecified atom stereocenters. The number of benzene rings is 1. The number of nitrogens with one attached hydrogen (secondary N) is 1. The van der Waals surface area contributed by atoms with Gasteiger partial charge in [0.05, 0.1) is 19.3 Å². The molecule has 3 heteroatoms. The molecule has 0 aliphatic carbocycles. The fourth-order valence-corrected chi connectivity index (χ4v) is 1.49. The van der Waals surface area contributed by atoms with Crippen molar-refractivity contribution in [3.05, 3.63) is 30.3 Å². The molecule has 2 rings (SSSR count). The molecule has 1 aromatic rings. The zero-order valence-electron chi connectivity index (χ0n) is 8.98. The minimum atomic E-state index is 0.221. The van der Waals surface area contributed by atoms with E-state index in [0.717, 1.165) is 25.4 Å². The zero-order valence-corrected chi connectivity index (χ0v) is 8.98. The van der Waals surface area contributed by atoms with E-state index in [1.165, 1.54) is 0 Å². The fraction of sp³-hybridized carbons (Fsp3) is 0.500. The highest BCUT2D eigenvalue weighted by Crippen LogP contribution is 2.10. The van der Waals surface area contributed by atoms with Crippen LogP contribution in [-0.2, 0) is 9.47 Å². The monoisotopic (exact) mass is 207 g/mol. The molecule has 1 fully saturated rings. The van der Waals surface area contributed by atoms with E-state index in [1.807, 2.05) is 18.2 Å². The minimum Gasteiger partial charge on any atom is -0.382 e. The van der Waals surface area contributed by atoms with Crippen molar-refractivity contribution in [2.24, 2.45) is 0 Å². The Morgan fingerprint density at radius 3 is 2.73 bits per heavy atom. The molecule has 1 N–H and O–H groups in total. The fourth-order valence-electron chi connectivity index (χ4n) is 1.49. The number of para-hydroxylation sites is 1. The van der Waals surface area contributed by atoms with Gasteiger partial charge in [0.1, 0.15) is 6.10 Å². The van der Waals surface area contributed by atoms with Crippen molar-refractivity contribution in [2.45, 2.75) is 19.1 Å². The van der Waals surface area contributed by atoms with Gasteiger partial charge in [-0.05, 0) is 19.1 Å². The Kier molecular flexibility index (Phi) is 3.59. The van der Waals surface area contributed by atoms with Gasteiger partial charge in [0.25, 0.3) is 0 Å². The smallest absolute Gasteiger partial charge is 0.105 e. The molecular formula is C12H17NO2. The Balaban J connectivity index is 1.68. The summed E-state index contributed by atoms with van der Waals surface area (Å²) in [5.74, 6) is 0. The average molecular weight is 207 g/mol. The maximum absolute atomic E-state index is 5.72. The predicted octanol–water partition coefficient (Wildman–Crippen LogP) is 1.90. The number of rotatable bonds is 5. The van der Waals surface area contributed by atoms with Crippen LogP contribution in [0.15, 0.2) is 30.3 Å². The molecule has 0 radical (unpaired) electrons. The van der Waals surface area contributed by atoms with Gasteiger partial charge in [0.2, 0.25) is 0 Å². The summed E-state index contributed by atoms with van der Waals surface area (Å²) in [7, 11) is 0. The van der Waals surface area contributed by atoms with Gasteiger partial charge in [-0.1, -0.05) is 18.2 Å². The van der Waals surface area contributed by atoms with Gasteiger partial charge in [-0.15, -0.1) is 0 Å². The normalized spacial score (nSPS) is 18.2. The zero-order chi connectivity index (χ0) is 10.5. The van der Waals surface area contributed by atoms with Gasteiger partial charge >= 0.3 is 0 Å². The molecule has 1 heterocycles.